The summed E-state index contributed by atoms with van der Waals surface area (Å²) in [5, 5.41) is 3.63. The van der Waals surface area contributed by atoms with E-state index >= 15 is 0 Å². The third-order valence-electron chi connectivity index (χ3n) is 6.09. The molecule has 3 aromatic rings. The predicted molar refractivity (Wildman–Crippen MR) is 123 cm³/mol. The second kappa shape index (κ2) is 8.40. The molecule has 2 aromatic carbocycles. The van der Waals surface area contributed by atoms with Crippen LogP contribution in [-0.4, -0.2) is 22.0 Å². The molecule has 0 bridgehead atoms. The lowest BCUT2D eigenvalue weighted by molar-refractivity contribution is 0.0943. The maximum atomic E-state index is 12.9. The number of allylic oxidation sites excluding steroid dienone is 1. The SMILES string of the molecule is C=CCn1c(=S)[nH]c2cc(C(=O)NCC3(c4ccccc4)CCCC3)ccc2c1=O. The van der Waals surface area contributed by atoms with E-state index in [0.717, 1.165) is 12.8 Å². The van der Waals surface area contributed by atoms with Crippen LogP contribution in [0.2, 0.25) is 0 Å². The highest BCUT2D eigenvalue weighted by atomic mass is 32.1. The first-order valence-corrected chi connectivity index (χ1v) is 10.7. The van der Waals surface area contributed by atoms with E-state index in [2.05, 4.69) is 41.1 Å². The zero-order valence-corrected chi connectivity index (χ0v) is 17.6. The first kappa shape index (κ1) is 20.3. The van der Waals surface area contributed by atoms with E-state index in [1.807, 2.05) is 6.07 Å². The minimum atomic E-state index is -0.186. The summed E-state index contributed by atoms with van der Waals surface area (Å²) in [5.41, 5.74) is 2.17. The number of aromatic amines is 1. The van der Waals surface area contributed by atoms with Crippen molar-refractivity contribution < 1.29 is 4.79 Å². The number of amides is 1. The molecule has 30 heavy (non-hydrogen) atoms. The van der Waals surface area contributed by atoms with Gasteiger partial charge in [0.2, 0.25) is 0 Å². The van der Waals surface area contributed by atoms with Crippen molar-refractivity contribution in [1.29, 1.82) is 0 Å². The van der Waals surface area contributed by atoms with Crippen LogP contribution in [0.3, 0.4) is 0 Å². The number of nitrogens with one attached hydrogen (secondary N) is 2. The van der Waals surface area contributed by atoms with E-state index < -0.39 is 0 Å². The van der Waals surface area contributed by atoms with Crippen LogP contribution in [0.5, 0.6) is 0 Å². The normalized spacial score (nSPS) is 15.2. The second-order valence-electron chi connectivity index (χ2n) is 7.93. The number of nitrogens with zero attached hydrogens (tertiary/aromatic N) is 1. The molecule has 2 N–H and O–H groups in total. The molecule has 1 amide bonds. The number of aromatic nitrogens is 2. The Morgan fingerprint density at radius 3 is 2.63 bits per heavy atom. The van der Waals surface area contributed by atoms with Gasteiger partial charge in [-0.1, -0.05) is 49.2 Å². The number of hydrogen-bond donors (Lipinski definition) is 2. The van der Waals surface area contributed by atoms with E-state index in [4.69, 9.17) is 12.2 Å². The quantitative estimate of drug-likeness (QED) is 0.457. The number of rotatable bonds is 6. The summed E-state index contributed by atoms with van der Waals surface area (Å²) >= 11 is 5.29. The van der Waals surface area contributed by atoms with Crippen molar-refractivity contribution in [2.24, 2.45) is 0 Å². The molecule has 0 aliphatic heterocycles. The molecule has 0 atom stereocenters. The molecule has 154 valence electrons. The Hall–Kier alpha value is -2.99. The molecule has 5 nitrogen and oxygen atoms in total. The first-order chi connectivity index (χ1) is 14.5. The molecular weight excluding hydrogens is 394 g/mol. The summed E-state index contributed by atoms with van der Waals surface area (Å²) in [6.45, 7) is 4.61. The van der Waals surface area contributed by atoms with Gasteiger partial charge in [0, 0.05) is 24.1 Å². The second-order valence-corrected chi connectivity index (χ2v) is 8.32. The van der Waals surface area contributed by atoms with E-state index in [0.29, 0.717) is 34.3 Å². The smallest absolute Gasteiger partial charge is 0.262 e. The van der Waals surface area contributed by atoms with Crippen molar-refractivity contribution in [3.63, 3.8) is 0 Å². The van der Waals surface area contributed by atoms with E-state index in [1.165, 1.54) is 23.0 Å². The highest BCUT2D eigenvalue weighted by Crippen LogP contribution is 2.40. The van der Waals surface area contributed by atoms with Crippen LogP contribution >= 0.6 is 12.2 Å². The standard InChI is InChI=1S/C24H25N3O2S/c1-2-14-27-22(29)19-11-10-17(15-20(19)26-23(27)30)21(28)25-16-24(12-6-7-13-24)18-8-4-3-5-9-18/h2-5,8-11,15H,1,6-7,12-14,16H2,(H,25,28)(H,26,30). The number of hydrogen-bond acceptors (Lipinski definition) is 3. The van der Waals surface area contributed by atoms with Gasteiger partial charge in [0.1, 0.15) is 0 Å². The lowest BCUT2D eigenvalue weighted by Crippen LogP contribution is -2.39. The van der Waals surface area contributed by atoms with Crippen LogP contribution in [0.15, 0.2) is 66.0 Å². The van der Waals surface area contributed by atoms with Crippen LogP contribution in [-0.2, 0) is 12.0 Å². The Morgan fingerprint density at radius 2 is 1.93 bits per heavy atom. The predicted octanol–water partition coefficient (Wildman–Crippen LogP) is 4.49. The third-order valence-corrected chi connectivity index (χ3v) is 6.41. The molecule has 1 saturated carbocycles. The Balaban J connectivity index is 1.59. The van der Waals surface area contributed by atoms with Crippen molar-refractivity contribution in [3.8, 4) is 0 Å². The summed E-state index contributed by atoms with van der Waals surface area (Å²) in [6.07, 6.45) is 6.13. The fourth-order valence-corrected chi connectivity index (χ4v) is 4.72. The number of carbonyl (C=O) groups is 1. The van der Waals surface area contributed by atoms with Crippen molar-refractivity contribution in [2.75, 3.05) is 6.54 Å². The number of H-pyrrole nitrogens is 1. The summed E-state index contributed by atoms with van der Waals surface area (Å²) in [7, 11) is 0. The third kappa shape index (κ3) is 3.75. The summed E-state index contributed by atoms with van der Waals surface area (Å²) in [4.78, 5) is 28.6. The topological polar surface area (TPSA) is 66.9 Å². The Morgan fingerprint density at radius 1 is 1.20 bits per heavy atom. The molecule has 0 radical (unpaired) electrons. The van der Waals surface area contributed by atoms with Crippen molar-refractivity contribution in [1.82, 2.24) is 14.9 Å². The minimum absolute atomic E-state index is 0.00784. The molecule has 0 unspecified atom stereocenters. The number of fused-ring (bicyclic) bond motifs is 1. The molecule has 1 aliphatic carbocycles. The van der Waals surface area contributed by atoms with Gasteiger partial charge in [-0.05, 0) is 48.8 Å². The average molecular weight is 420 g/mol. The lowest BCUT2D eigenvalue weighted by atomic mass is 9.79. The van der Waals surface area contributed by atoms with Gasteiger partial charge in [-0.3, -0.25) is 14.2 Å². The molecule has 6 heteroatoms. The maximum absolute atomic E-state index is 12.9. The van der Waals surface area contributed by atoms with Gasteiger partial charge >= 0.3 is 0 Å². The van der Waals surface area contributed by atoms with E-state index in [9.17, 15) is 9.59 Å². The zero-order valence-electron chi connectivity index (χ0n) is 16.8. The van der Waals surface area contributed by atoms with Gasteiger partial charge in [-0.2, -0.15) is 0 Å². The largest absolute Gasteiger partial charge is 0.351 e. The average Bonchev–Trinajstić information content (AvgIpc) is 3.25. The Labute approximate surface area is 180 Å². The molecule has 1 fully saturated rings. The summed E-state index contributed by atoms with van der Waals surface area (Å²) < 4.78 is 1.77. The molecule has 0 spiro atoms. The molecule has 1 heterocycles. The van der Waals surface area contributed by atoms with Crippen molar-refractivity contribution in [2.45, 2.75) is 37.6 Å². The van der Waals surface area contributed by atoms with Crippen LogP contribution in [0.25, 0.3) is 10.9 Å². The molecule has 1 aliphatic rings. The first-order valence-electron chi connectivity index (χ1n) is 10.3. The number of carbonyl (C=O) groups excluding carboxylic acids is 1. The van der Waals surface area contributed by atoms with Crippen LogP contribution < -0.4 is 10.9 Å². The van der Waals surface area contributed by atoms with Gasteiger partial charge in [0.05, 0.1) is 10.9 Å². The molecular formula is C24H25N3O2S. The van der Waals surface area contributed by atoms with E-state index in [1.54, 1.807) is 24.3 Å². The molecule has 0 saturated heterocycles. The highest BCUT2D eigenvalue weighted by Gasteiger charge is 2.35. The molecule has 4 rings (SSSR count). The van der Waals surface area contributed by atoms with E-state index in [-0.39, 0.29) is 16.9 Å². The molecule has 1 aromatic heterocycles. The van der Waals surface area contributed by atoms with Crippen LogP contribution in [0.1, 0.15) is 41.6 Å². The monoisotopic (exact) mass is 419 g/mol. The fraction of sp³-hybridized carbons (Fsp3) is 0.292. The van der Waals surface area contributed by atoms with Crippen molar-refractivity contribution >= 4 is 29.0 Å². The van der Waals surface area contributed by atoms with Crippen LogP contribution in [0.4, 0.5) is 0 Å². The Kier molecular flexibility index (Phi) is 5.68. The van der Waals surface area contributed by atoms with Gasteiger partial charge in [0.25, 0.3) is 11.5 Å². The fourth-order valence-electron chi connectivity index (χ4n) is 4.45. The summed E-state index contributed by atoms with van der Waals surface area (Å²) in [6, 6.07) is 15.5. The van der Waals surface area contributed by atoms with Gasteiger partial charge in [-0.15, -0.1) is 6.58 Å². The zero-order chi connectivity index (χ0) is 21.1. The van der Waals surface area contributed by atoms with Gasteiger partial charge in [0.15, 0.2) is 4.77 Å². The number of benzene rings is 2. The lowest BCUT2D eigenvalue weighted by Gasteiger charge is -2.30. The maximum Gasteiger partial charge on any atom is 0.262 e. The highest BCUT2D eigenvalue weighted by molar-refractivity contribution is 7.71. The van der Waals surface area contributed by atoms with Gasteiger partial charge in [-0.25, -0.2) is 0 Å². The van der Waals surface area contributed by atoms with Gasteiger partial charge < -0.3 is 10.3 Å². The van der Waals surface area contributed by atoms with Crippen LogP contribution in [0, 0.1) is 4.77 Å². The van der Waals surface area contributed by atoms with Crippen molar-refractivity contribution in [3.05, 3.63) is 87.4 Å². The minimum Gasteiger partial charge on any atom is -0.351 e. The Bertz CT molecular complexity index is 1200. The summed E-state index contributed by atoms with van der Waals surface area (Å²) in [5.74, 6) is -0.145.